The highest BCUT2D eigenvalue weighted by Gasteiger charge is 2.08. The molecule has 0 aliphatic carbocycles. The summed E-state index contributed by atoms with van der Waals surface area (Å²) in [6, 6.07) is 12.9. The molecule has 0 aliphatic rings. The maximum Gasteiger partial charge on any atom is 0.162 e. The van der Waals surface area contributed by atoms with Crippen molar-refractivity contribution in [3.63, 3.8) is 0 Å². The highest BCUT2D eigenvalue weighted by Crippen LogP contribution is 2.26. The van der Waals surface area contributed by atoms with Gasteiger partial charge < -0.3 is 10.5 Å². The number of hydrogen-bond donors (Lipinski definition) is 1. The molecular formula is C15H12ClN3O. The van der Waals surface area contributed by atoms with Crippen molar-refractivity contribution < 1.29 is 4.74 Å². The Morgan fingerprint density at radius 2 is 1.80 bits per heavy atom. The van der Waals surface area contributed by atoms with Crippen LogP contribution < -0.4 is 10.5 Å². The Morgan fingerprint density at radius 1 is 1.05 bits per heavy atom. The highest BCUT2D eigenvalue weighted by molar-refractivity contribution is 6.31. The van der Waals surface area contributed by atoms with Crippen molar-refractivity contribution in [3.05, 3.63) is 47.5 Å². The van der Waals surface area contributed by atoms with Gasteiger partial charge in [-0.3, -0.25) is 0 Å². The maximum absolute atomic E-state index is 5.99. The Kier molecular flexibility index (Phi) is 3.16. The van der Waals surface area contributed by atoms with Gasteiger partial charge in [0.25, 0.3) is 0 Å². The second-order valence-corrected chi connectivity index (χ2v) is 4.76. The molecule has 0 atom stereocenters. The van der Waals surface area contributed by atoms with E-state index in [-0.39, 0.29) is 0 Å². The van der Waals surface area contributed by atoms with E-state index in [0.717, 1.165) is 22.2 Å². The van der Waals surface area contributed by atoms with Gasteiger partial charge in [-0.05, 0) is 42.5 Å². The predicted molar refractivity (Wildman–Crippen MR) is 80.9 cm³/mol. The van der Waals surface area contributed by atoms with E-state index in [1.807, 2.05) is 30.3 Å². The van der Waals surface area contributed by atoms with Crippen molar-refractivity contribution in [1.29, 1.82) is 0 Å². The fourth-order valence-electron chi connectivity index (χ4n) is 2.00. The number of aromatic nitrogens is 2. The summed E-state index contributed by atoms with van der Waals surface area (Å²) in [5, 5.41) is 1.42. The van der Waals surface area contributed by atoms with E-state index in [0.29, 0.717) is 16.7 Å². The van der Waals surface area contributed by atoms with Crippen LogP contribution in [0.25, 0.3) is 22.3 Å². The van der Waals surface area contributed by atoms with E-state index in [1.54, 1.807) is 19.2 Å². The first-order chi connectivity index (χ1) is 9.67. The Labute approximate surface area is 121 Å². The quantitative estimate of drug-likeness (QED) is 0.782. The fourth-order valence-corrected chi connectivity index (χ4v) is 2.16. The number of fused-ring (bicyclic) bond motifs is 1. The molecule has 4 nitrogen and oxygen atoms in total. The first-order valence-electron chi connectivity index (χ1n) is 6.04. The Hall–Kier alpha value is -2.33. The summed E-state index contributed by atoms with van der Waals surface area (Å²) in [4.78, 5) is 8.85. The summed E-state index contributed by atoms with van der Waals surface area (Å²) in [5.74, 6) is 1.79. The SMILES string of the molecule is COc1ccc(-c2nc(N)c3ccc(Cl)cc3n2)cc1. The monoisotopic (exact) mass is 285 g/mol. The van der Waals surface area contributed by atoms with Gasteiger partial charge in [-0.1, -0.05) is 11.6 Å². The van der Waals surface area contributed by atoms with Gasteiger partial charge in [0.05, 0.1) is 12.6 Å². The van der Waals surface area contributed by atoms with Crippen molar-refractivity contribution in [2.75, 3.05) is 12.8 Å². The number of ether oxygens (including phenoxy) is 1. The molecule has 1 heterocycles. The first kappa shape index (κ1) is 12.7. The first-order valence-corrected chi connectivity index (χ1v) is 6.42. The zero-order valence-electron chi connectivity index (χ0n) is 10.8. The molecule has 2 N–H and O–H groups in total. The third kappa shape index (κ3) is 2.26. The average molecular weight is 286 g/mol. The minimum absolute atomic E-state index is 0.442. The third-order valence-corrected chi connectivity index (χ3v) is 3.27. The molecule has 20 heavy (non-hydrogen) atoms. The molecule has 0 radical (unpaired) electrons. The number of rotatable bonds is 2. The molecule has 1 aromatic heterocycles. The second kappa shape index (κ2) is 4.98. The lowest BCUT2D eigenvalue weighted by atomic mass is 10.2. The van der Waals surface area contributed by atoms with E-state index < -0.39 is 0 Å². The molecule has 0 unspecified atom stereocenters. The molecule has 2 aromatic carbocycles. The summed E-state index contributed by atoms with van der Waals surface area (Å²) >= 11 is 5.99. The lowest BCUT2D eigenvalue weighted by Gasteiger charge is -2.06. The smallest absolute Gasteiger partial charge is 0.162 e. The zero-order chi connectivity index (χ0) is 14.1. The van der Waals surface area contributed by atoms with Crippen LogP contribution in [0.15, 0.2) is 42.5 Å². The largest absolute Gasteiger partial charge is 0.497 e. The molecule has 0 amide bonds. The summed E-state index contributed by atoms with van der Waals surface area (Å²) in [6.07, 6.45) is 0. The van der Waals surface area contributed by atoms with Crippen LogP contribution in [-0.4, -0.2) is 17.1 Å². The van der Waals surface area contributed by atoms with E-state index in [1.165, 1.54) is 0 Å². The van der Waals surface area contributed by atoms with E-state index >= 15 is 0 Å². The molecule has 0 saturated carbocycles. The normalized spacial score (nSPS) is 10.7. The minimum atomic E-state index is 0.442. The van der Waals surface area contributed by atoms with Gasteiger partial charge in [0.1, 0.15) is 11.6 Å². The van der Waals surface area contributed by atoms with E-state index in [9.17, 15) is 0 Å². The maximum atomic E-state index is 5.99. The second-order valence-electron chi connectivity index (χ2n) is 4.32. The van der Waals surface area contributed by atoms with Crippen LogP contribution in [0.2, 0.25) is 5.02 Å². The molecule has 100 valence electrons. The van der Waals surface area contributed by atoms with E-state index in [4.69, 9.17) is 22.1 Å². The fraction of sp³-hybridized carbons (Fsp3) is 0.0667. The van der Waals surface area contributed by atoms with Crippen LogP contribution in [-0.2, 0) is 0 Å². The van der Waals surface area contributed by atoms with Gasteiger partial charge in [0, 0.05) is 16.0 Å². The summed E-state index contributed by atoms with van der Waals surface area (Å²) in [7, 11) is 1.63. The number of nitrogens with two attached hydrogens (primary N) is 1. The van der Waals surface area contributed by atoms with Crippen molar-refractivity contribution >= 4 is 28.3 Å². The molecular weight excluding hydrogens is 274 g/mol. The van der Waals surface area contributed by atoms with Crippen molar-refractivity contribution in [2.24, 2.45) is 0 Å². The number of methoxy groups -OCH3 is 1. The van der Waals surface area contributed by atoms with Crippen LogP contribution in [0.5, 0.6) is 5.75 Å². The summed E-state index contributed by atoms with van der Waals surface area (Å²) < 4.78 is 5.13. The topological polar surface area (TPSA) is 61.0 Å². The Bertz CT molecular complexity index is 772. The Balaban J connectivity index is 2.15. The van der Waals surface area contributed by atoms with Crippen LogP contribution in [0, 0.1) is 0 Å². The number of benzene rings is 2. The number of nitrogens with zero attached hydrogens (tertiary/aromatic N) is 2. The molecule has 3 aromatic rings. The average Bonchev–Trinajstić information content (AvgIpc) is 2.46. The van der Waals surface area contributed by atoms with Gasteiger partial charge in [0.15, 0.2) is 5.82 Å². The third-order valence-electron chi connectivity index (χ3n) is 3.04. The van der Waals surface area contributed by atoms with Crippen LogP contribution in [0.4, 0.5) is 5.82 Å². The highest BCUT2D eigenvalue weighted by atomic mass is 35.5. The minimum Gasteiger partial charge on any atom is -0.497 e. The Morgan fingerprint density at radius 3 is 2.50 bits per heavy atom. The van der Waals surface area contributed by atoms with Gasteiger partial charge in [-0.25, -0.2) is 9.97 Å². The molecule has 0 bridgehead atoms. The molecule has 0 saturated heterocycles. The molecule has 3 rings (SSSR count). The summed E-state index contributed by atoms with van der Waals surface area (Å²) in [6.45, 7) is 0. The predicted octanol–water partition coefficient (Wildman–Crippen LogP) is 3.54. The number of halogens is 1. The lowest BCUT2D eigenvalue weighted by Crippen LogP contribution is -1.97. The van der Waals surface area contributed by atoms with E-state index in [2.05, 4.69) is 9.97 Å². The number of hydrogen-bond acceptors (Lipinski definition) is 4. The molecule has 0 fully saturated rings. The number of anilines is 1. The standard InChI is InChI=1S/C15H12ClN3O/c1-20-11-5-2-9(3-6-11)15-18-13-8-10(16)4-7-12(13)14(17)19-15/h2-8H,1H3,(H2,17,18,19). The van der Waals surface area contributed by atoms with Gasteiger partial charge in [-0.2, -0.15) is 0 Å². The summed E-state index contributed by atoms with van der Waals surface area (Å²) in [5.41, 5.74) is 7.59. The van der Waals surface area contributed by atoms with Gasteiger partial charge in [0.2, 0.25) is 0 Å². The molecule has 0 aliphatic heterocycles. The molecule has 5 heteroatoms. The molecule has 0 spiro atoms. The number of nitrogen functional groups attached to an aromatic ring is 1. The zero-order valence-corrected chi connectivity index (χ0v) is 11.6. The van der Waals surface area contributed by atoms with Crippen molar-refractivity contribution in [2.45, 2.75) is 0 Å². The van der Waals surface area contributed by atoms with Gasteiger partial charge >= 0.3 is 0 Å². The van der Waals surface area contributed by atoms with Crippen LogP contribution >= 0.6 is 11.6 Å². The lowest BCUT2D eigenvalue weighted by molar-refractivity contribution is 0.415. The van der Waals surface area contributed by atoms with Crippen molar-refractivity contribution in [3.8, 4) is 17.1 Å². The van der Waals surface area contributed by atoms with Crippen molar-refractivity contribution in [1.82, 2.24) is 9.97 Å². The van der Waals surface area contributed by atoms with Gasteiger partial charge in [-0.15, -0.1) is 0 Å². The van der Waals surface area contributed by atoms with Crippen LogP contribution in [0.3, 0.4) is 0 Å². The van der Waals surface area contributed by atoms with Crippen LogP contribution in [0.1, 0.15) is 0 Å².